The van der Waals surface area contributed by atoms with Gasteiger partial charge in [0.15, 0.2) is 0 Å². The Balaban J connectivity index is 2.22. The molecular weight excluding hydrogens is 354 g/mol. The van der Waals surface area contributed by atoms with Crippen molar-refractivity contribution >= 4 is 26.0 Å². The van der Waals surface area contributed by atoms with Gasteiger partial charge in [-0.15, -0.1) is 0 Å². The summed E-state index contributed by atoms with van der Waals surface area (Å²) in [5.41, 5.74) is 2.08. The molecule has 0 aliphatic heterocycles. The maximum absolute atomic E-state index is 12.4. The molecule has 2 aromatic carbocycles. The van der Waals surface area contributed by atoms with Crippen molar-refractivity contribution in [2.45, 2.75) is 25.0 Å². The first kappa shape index (κ1) is 16.2. The molecule has 6 heteroatoms. The van der Waals surface area contributed by atoms with Crippen molar-refractivity contribution in [2.75, 3.05) is 0 Å². The van der Waals surface area contributed by atoms with Crippen LogP contribution in [0.4, 0.5) is 0 Å². The quantitative estimate of drug-likeness (QED) is 0.851. The number of benzene rings is 2. The predicted molar refractivity (Wildman–Crippen MR) is 85.3 cm³/mol. The van der Waals surface area contributed by atoms with E-state index in [4.69, 9.17) is 5.11 Å². The van der Waals surface area contributed by atoms with Crippen LogP contribution >= 0.6 is 15.9 Å². The number of aliphatic hydroxyl groups excluding tert-OH is 1. The Morgan fingerprint density at radius 1 is 1.14 bits per heavy atom. The fourth-order valence-corrected chi connectivity index (χ4v) is 3.69. The summed E-state index contributed by atoms with van der Waals surface area (Å²) in [5, 5.41) is 9.14. The van der Waals surface area contributed by atoms with Gasteiger partial charge in [-0.2, -0.15) is 0 Å². The number of halogens is 1. The SMILES string of the molecule is Cc1ccc(CO)cc1S(=O)(=O)NCc1cccc(Br)c1. The van der Waals surface area contributed by atoms with Gasteiger partial charge in [-0.25, -0.2) is 13.1 Å². The highest BCUT2D eigenvalue weighted by Gasteiger charge is 2.17. The number of hydrogen-bond acceptors (Lipinski definition) is 3. The van der Waals surface area contributed by atoms with Gasteiger partial charge in [-0.05, 0) is 41.8 Å². The van der Waals surface area contributed by atoms with Crippen molar-refractivity contribution < 1.29 is 13.5 Å². The van der Waals surface area contributed by atoms with Crippen molar-refractivity contribution in [3.8, 4) is 0 Å². The fourth-order valence-electron chi connectivity index (χ4n) is 1.94. The van der Waals surface area contributed by atoms with Gasteiger partial charge in [0.2, 0.25) is 10.0 Å². The first-order valence-electron chi connectivity index (χ1n) is 6.37. The summed E-state index contributed by atoms with van der Waals surface area (Å²) < 4.78 is 28.2. The molecular formula is C15H16BrNO3S. The van der Waals surface area contributed by atoms with E-state index in [9.17, 15) is 8.42 Å². The lowest BCUT2D eigenvalue weighted by atomic mass is 10.2. The first-order valence-corrected chi connectivity index (χ1v) is 8.64. The van der Waals surface area contributed by atoms with Crippen LogP contribution in [0.5, 0.6) is 0 Å². The van der Waals surface area contributed by atoms with Crippen molar-refractivity contribution in [2.24, 2.45) is 0 Å². The third-order valence-corrected chi connectivity index (χ3v) is 5.12. The van der Waals surface area contributed by atoms with Crippen molar-refractivity contribution in [1.29, 1.82) is 0 Å². The molecule has 21 heavy (non-hydrogen) atoms. The van der Waals surface area contributed by atoms with Crippen molar-refractivity contribution in [3.63, 3.8) is 0 Å². The second-order valence-corrected chi connectivity index (χ2v) is 7.36. The predicted octanol–water partition coefficient (Wildman–Crippen LogP) is 2.73. The molecule has 0 aliphatic rings. The van der Waals surface area contributed by atoms with Gasteiger partial charge in [0.1, 0.15) is 0 Å². The second-order valence-electron chi connectivity index (χ2n) is 4.71. The largest absolute Gasteiger partial charge is 0.392 e. The average Bonchev–Trinajstić information content (AvgIpc) is 2.46. The Morgan fingerprint density at radius 2 is 1.90 bits per heavy atom. The highest BCUT2D eigenvalue weighted by molar-refractivity contribution is 9.10. The zero-order chi connectivity index (χ0) is 15.5. The maximum atomic E-state index is 12.4. The lowest BCUT2D eigenvalue weighted by molar-refractivity contribution is 0.281. The number of aryl methyl sites for hydroxylation is 1. The summed E-state index contributed by atoms with van der Waals surface area (Å²) in [7, 11) is -3.61. The Labute approximate surface area is 133 Å². The smallest absolute Gasteiger partial charge is 0.241 e. The topological polar surface area (TPSA) is 66.4 Å². The molecule has 0 bridgehead atoms. The standard InChI is InChI=1S/C15H16BrNO3S/c1-11-5-6-13(10-18)8-15(11)21(19,20)17-9-12-3-2-4-14(16)7-12/h2-8,17-18H,9-10H2,1H3. The van der Waals surface area contributed by atoms with Crippen LogP contribution < -0.4 is 4.72 Å². The van der Waals surface area contributed by atoms with E-state index in [0.29, 0.717) is 11.1 Å². The van der Waals surface area contributed by atoms with Crippen LogP contribution in [0.25, 0.3) is 0 Å². The van der Waals surface area contributed by atoms with Crippen molar-refractivity contribution in [3.05, 3.63) is 63.6 Å². The summed E-state index contributed by atoms with van der Waals surface area (Å²) in [6.07, 6.45) is 0. The summed E-state index contributed by atoms with van der Waals surface area (Å²) >= 11 is 3.35. The highest BCUT2D eigenvalue weighted by Crippen LogP contribution is 2.18. The average molecular weight is 370 g/mol. The molecule has 0 saturated carbocycles. The minimum Gasteiger partial charge on any atom is -0.392 e. The summed E-state index contributed by atoms with van der Waals surface area (Å²) in [5.74, 6) is 0. The van der Waals surface area contributed by atoms with E-state index in [-0.39, 0.29) is 18.0 Å². The molecule has 2 aromatic rings. The molecule has 4 nitrogen and oxygen atoms in total. The maximum Gasteiger partial charge on any atom is 0.241 e. The van der Waals surface area contributed by atoms with Crippen LogP contribution in [0.15, 0.2) is 51.8 Å². The van der Waals surface area contributed by atoms with Gasteiger partial charge in [-0.3, -0.25) is 0 Å². The summed E-state index contributed by atoms with van der Waals surface area (Å²) in [6, 6.07) is 12.3. The summed E-state index contributed by atoms with van der Waals surface area (Å²) in [4.78, 5) is 0.198. The van der Waals surface area contributed by atoms with Gasteiger partial charge in [0, 0.05) is 11.0 Å². The number of hydrogen-bond donors (Lipinski definition) is 2. The van der Waals surface area contributed by atoms with E-state index >= 15 is 0 Å². The van der Waals surface area contributed by atoms with Crippen LogP contribution in [0.2, 0.25) is 0 Å². The van der Waals surface area contributed by atoms with E-state index in [1.54, 1.807) is 19.1 Å². The number of rotatable bonds is 5. The van der Waals surface area contributed by atoms with Crippen molar-refractivity contribution in [1.82, 2.24) is 4.72 Å². The molecule has 0 aromatic heterocycles. The molecule has 0 amide bonds. The summed E-state index contributed by atoms with van der Waals surface area (Å²) in [6.45, 7) is 1.76. The van der Waals surface area contributed by atoms with E-state index in [1.807, 2.05) is 24.3 Å². The monoisotopic (exact) mass is 369 g/mol. The van der Waals surface area contributed by atoms with Crippen LogP contribution in [0, 0.1) is 6.92 Å². The van der Waals surface area contributed by atoms with Crippen LogP contribution in [-0.2, 0) is 23.2 Å². The second kappa shape index (κ2) is 6.70. The van der Waals surface area contributed by atoms with Gasteiger partial charge >= 0.3 is 0 Å². The third-order valence-electron chi connectivity index (χ3n) is 3.08. The van der Waals surface area contributed by atoms with Gasteiger partial charge in [-0.1, -0.05) is 40.2 Å². The molecule has 0 radical (unpaired) electrons. The van der Waals surface area contributed by atoms with E-state index in [1.165, 1.54) is 6.07 Å². The Bertz CT molecular complexity index is 744. The lowest BCUT2D eigenvalue weighted by Crippen LogP contribution is -2.24. The fraction of sp³-hybridized carbons (Fsp3) is 0.200. The zero-order valence-corrected chi connectivity index (χ0v) is 13.9. The van der Waals surface area contributed by atoms with Gasteiger partial charge in [0.05, 0.1) is 11.5 Å². The Morgan fingerprint density at radius 3 is 2.57 bits per heavy atom. The van der Waals surface area contributed by atoms with E-state index in [2.05, 4.69) is 20.7 Å². The van der Waals surface area contributed by atoms with E-state index < -0.39 is 10.0 Å². The molecule has 0 saturated heterocycles. The highest BCUT2D eigenvalue weighted by atomic mass is 79.9. The minimum atomic E-state index is -3.61. The Hall–Kier alpha value is -1.21. The molecule has 0 fully saturated rings. The molecule has 0 spiro atoms. The van der Waals surface area contributed by atoms with Gasteiger partial charge in [0.25, 0.3) is 0 Å². The molecule has 112 valence electrons. The molecule has 0 atom stereocenters. The normalized spacial score (nSPS) is 11.6. The number of sulfonamides is 1. The number of aliphatic hydroxyl groups is 1. The molecule has 0 heterocycles. The minimum absolute atomic E-state index is 0.186. The van der Waals surface area contributed by atoms with Crippen LogP contribution in [-0.4, -0.2) is 13.5 Å². The number of nitrogens with one attached hydrogen (secondary N) is 1. The molecule has 2 N–H and O–H groups in total. The van der Waals surface area contributed by atoms with Crippen LogP contribution in [0.3, 0.4) is 0 Å². The molecule has 0 unspecified atom stereocenters. The first-order chi connectivity index (χ1) is 9.92. The molecule has 0 aliphatic carbocycles. The van der Waals surface area contributed by atoms with E-state index in [0.717, 1.165) is 10.0 Å². The van der Waals surface area contributed by atoms with Gasteiger partial charge < -0.3 is 5.11 Å². The molecule has 2 rings (SSSR count). The lowest BCUT2D eigenvalue weighted by Gasteiger charge is -2.11. The third kappa shape index (κ3) is 4.14. The van der Waals surface area contributed by atoms with Crippen LogP contribution in [0.1, 0.15) is 16.7 Å². The Kier molecular flexibility index (Phi) is 5.16. The zero-order valence-electron chi connectivity index (χ0n) is 11.5.